The van der Waals surface area contributed by atoms with E-state index in [9.17, 15) is 4.79 Å². The summed E-state index contributed by atoms with van der Waals surface area (Å²) in [5.74, 6) is 0.595. The van der Waals surface area contributed by atoms with Crippen molar-refractivity contribution >= 4 is 17.6 Å². The maximum Gasteiger partial charge on any atom is 0.282 e. The van der Waals surface area contributed by atoms with Gasteiger partial charge < -0.3 is 20.7 Å². The summed E-state index contributed by atoms with van der Waals surface area (Å²) in [6, 6.07) is 2.80. The van der Waals surface area contributed by atoms with Gasteiger partial charge in [0.1, 0.15) is 11.7 Å². The van der Waals surface area contributed by atoms with Gasteiger partial charge in [0.2, 0.25) is 0 Å². The Morgan fingerprint density at radius 2 is 2.00 bits per heavy atom. The van der Waals surface area contributed by atoms with E-state index in [1.165, 1.54) is 32.1 Å². The average Bonchev–Trinajstić information content (AvgIpc) is 2.70. The molecule has 29 heavy (non-hydrogen) atoms. The van der Waals surface area contributed by atoms with Gasteiger partial charge in [0, 0.05) is 38.0 Å². The minimum absolute atomic E-state index is 0.0526. The van der Waals surface area contributed by atoms with Gasteiger partial charge >= 0.3 is 0 Å². The number of nitrogens with two attached hydrogens (primary N) is 1. The molecule has 2 aliphatic rings. The van der Waals surface area contributed by atoms with Crippen LogP contribution in [0.3, 0.4) is 0 Å². The molecule has 1 saturated heterocycles. The molecule has 3 N–H and O–H groups in total. The number of aryl methyl sites for hydroxylation is 2. The number of anilines is 1. The minimum Gasteiger partial charge on any atom is -0.387 e. The zero-order valence-corrected chi connectivity index (χ0v) is 18.2. The number of carbonyl (C=O) groups excluding carboxylic acids is 1. The van der Waals surface area contributed by atoms with Gasteiger partial charge in [-0.15, -0.1) is 0 Å². The third-order valence-corrected chi connectivity index (χ3v) is 6.17. The first-order chi connectivity index (χ1) is 13.9. The van der Waals surface area contributed by atoms with Crippen LogP contribution in [0.25, 0.3) is 0 Å². The summed E-state index contributed by atoms with van der Waals surface area (Å²) in [7, 11) is 1.77. The van der Waals surface area contributed by atoms with Crippen molar-refractivity contribution in [1.82, 2.24) is 10.3 Å². The lowest BCUT2D eigenvalue weighted by Crippen LogP contribution is -2.56. The molecule has 160 valence electrons. The molecule has 1 saturated carbocycles. The predicted octanol–water partition coefficient (Wildman–Crippen LogP) is 2.73. The Balaban J connectivity index is 1.79. The molecule has 2 atom stereocenters. The molecule has 2 fully saturated rings. The molecule has 1 aliphatic carbocycles. The summed E-state index contributed by atoms with van der Waals surface area (Å²) in [5, 5.41) is 3.84. The number of aliphatic imine (C=N–C) groups is 1. The standard InChI is InChI=1S/C22H35N5O2/c1-14-12-18(22(28)25-16(3)23)21(24-15(14)2)27-11-10-19(20(13-27)29-4)26-17-8-6-5-7-9-17/h12,17,19-20,26H,5-11,13H2,1-4H3,(H2,23,25,28). The van der Waals surface area contributed by atoms with Crippen LogP contribution in [-0.4, -0.2) is 55.1 Å². The lowest BCUT2D eigenvalue weighted by molar-refractivity contribution is 0.0533. The molecule has 1 aliphatic heterocycles. The van der Waals surface area contributed by atoms with Gasteiger partial charge in [-0.3, -0.25) is 4.79 Å². The van der Waals surface area contributed by atoms with Crippen LogP contribution in [0.1, 0.15) is 67.1 Å². The molecule has 0 aromatic carbocycles. The Kier molecular flexibility index (Phi) is 7.24. The number of hydrogen-bond acceptors (Lipinski definition) is 5. The van der Waals surface area contributed by atoms with Crippen molar-refractivity contribution in [2.24, 2.45) is 10.7 Å². The van der Waals surface area contributed by atoms with Crippen LogP contribution in [0.15, 0.2) is 11.1 Å². The van der Waals surface area contributed by atoms with Gasteiger partial charge in [0.05, 0.1) is 11.7 Å². The molecule has 3 rings (SSSR count). The number of hydrogen-bond donors (Lipinski definition) is 2. The van der Waals surface area contributed by atoms with Crippen LogP contribution in [0, 0.1) is 13.8 Å². The average molecular weight is 402 g/mol. The number of aromatic nitrogens is 1. The van der Waals surface area contributed by atoms with Crippen LogP contribution >= 0.6 is 0 Å². The highest BCUT2D eigenvalue weighted by Gasteiger charge is 2.33. The number of amidine groups is 1. The molecule has 2 heterocycles. The Morgan fingerprint density at radius 1 is 1.28 bits per heavy atom. The van der Waals surface area contributed by atoms with E-state index < -0.39 is 0 Å². The maximum atomic E-state index is 12.7. The third kappa shape index (κ3) is 5.34. The second kappa shape index (κ2) is 9.67. The number of piperidine rings is 1. The first-order valence-corrected chi connectivity index (χ1v) is 10.8. The summed E-state index contributed by atoms with van der Waals surface area (Å²) in [6.45, 7) is 7.07. The number of pyridine rings is 1. The van der Waals surface area contributed by atoms with Gasteiger partial charge in [-0.2, -0.15) is 4.99 Å². The summed E-state index contributed by atoms with van der Waals surface area (Å²) in [6.07, 6.45) is 7.49. The van der Waals surface area contributed by atoms with Gasteiger partial charge in [0.25, 0.3) is 5.91 Å². The molecule has 1 amide bonds. The first-order valence-electron chi connectivity index (χ1n) is 10.8. The number of methoxy groups -OCH3 is 1. The fourth-order valence-corrected chi connectivity index (χ4v) is 4.42. The van der Waals surface area contributed by atoms with E-state index in [4.69, 9.17) is 15.5 Å². The second-order valence-corrected chi connectivity index (χ2v) is 8.44. The number of nitrogens with zero attached hydrogens (tertiary/aromatic N) is 3. The lowest BCUT2D eigenvalue weighted by atomic mass is 9.92. The summed E-state index contributed by atoms with van der Waals surface area (Å²) < 4.78 is 5.85. The van der Waals surface area contributed by atoms with Gasteiger partial charge in [-0.05, 0) is 51.7 Å². The highest BCUT2D eigenvalue weighted by atomic mass is 16.5. The van der Waals surface area contributed by atoms with Crippen LogP contribution in [0.2, 0.25) is 0 Å². The van der Waals surface area contributed by atoms with E-state index in [1.807, 2.05) is 19.9 Å². The maximum absolute atomic E-state index is 12.7. The van der Waals surface area contributed by atoms with Crippen molar-refractivity contribution in [2.75, 3.05) is 25.1 Å². The second-order valence-electron chi connectivity index (χ2n) is 8.44. The Bertz CT molecular complexity index is 754. The fourth-order valence-electron chi connectivity index (χ4n) is 4.42. The quantitative estimate of drug-likeness (QED) is 0.582. The van der Waals surface area contributed by atoms with Crippen molar-refractivity contribution in [2.45, 2.75) is 77.5 Å². The minimum atomic E-state index is -0.341. The van der Waals surface area contributed by atoms with Crippen LogP contribution < -0.4 is 16.0 Å². The van der Waals surface area contributed by atoms with E-state index in [-0.39, 0.29) is 17.8 Å². The zero-order valence-electron chi connectivity index (χ0n) is 18.2. The molecule has 7 heteroatoms. The lowest BCUT2D eigenvalue weighted by Gasteiger charge is -2.41. The number of nitrogens with one attached hydrogen (secondary N) is 1. The van der Waals surface area contributed by atoms with Crippen molar-refractivity contribution in [1.29, 1.82) is 0 Å². The van der Waals surface area contributed by atoms with E-state index in [0.29, 0.717) is 30.0 Å². The molecule has 0 radical (unpaired) electrons. The van der Waals surface area contributed by atoms with Crippen LogP contribution in [-0.2, 0) is 4.74 Å². The zero-order chi connectivity index (χ0) is 21.0. The van der Waals surface area contributed by atoms with Gasteiger partial charge in [-0.1, -0.05) is 19.3 Å². The summed E-state index contributed by atoms with van der Waals surface area (Å²) in [5.41, 5.74) is 8.04. The molecule has 1 aromatic rings. The SMILES string of the molecule is COC1CN(c2nc(C)c(C)cc2C(=O)N=C(C)N)CCC1NC1CCCCC1. The van der Waals surface area contributed by atoms with Crippen molar-refractivity contribution in [3.8, 4) is 0 Å². The molecule has 7 nitrogen and oxygen atoms in total. The summed E-state index contributed by atoms with van der Waals surface area (Å²) in [4.78, 5) is 23.5. The Labute approximate surface area is 174 Å². The Morgan fingerprint density at radius 3 is 2.66 bits per heavy atom. The van der Waals surface area contributed by atoms with E-state index in [0.717, 1.165) is 24.2 Å². The molecule has 2 unspecified atom stereocenters. The monoisotopic (exact) mass is 401 g/mol. The number of carbonyl (C=O) groups is 1. The van der Waals surface area contributed by atoms with Crippen LogP contribution in [0.5, 0.6) is 0 Å². The molecular formula is C22H35N5O2. The van der Waals surface area contributed by atoms with Crippen molar-refractivity contribution < 1.29 is 9.53 Å². The number of amides is 1. The van der Waals surface area contributed by atoms with E-state index in [1.54, 1.807) is 14.0 Å². The number of rotatable bonds is 5. The predicted molar refractivity (Wildman–Crippen MR) is 117 cm³/mol. The van der Waals surface area contributed by atoms with E-state index in [2.05, 4.69) is 15.2 Å². The molecule has 1 aromatic heterocycles. The highest BCUT2D eigenvalue weighted by Crippen LogP contribution is 2.27. The third-order valence-electron chi connectivity index (χ3n) is 6.17. The fraction of sp³-hybridized carbons (Fsp3) is 0.682. The van der Waals surface area contributed by atoms with Crippen molar-refractivity contribution in [3.63, 3.8) is 0 Å². The molecule has 0 bridgehead atoms. The van der Waals surface area contributed by atoms with Crippen LogP contribution in [0.4, 0.5) is 5.82 Å². The molecule has 0 spiro atoms. The van der Waals surface area contributed by atoms with Crippen molar-refractivity contribution in [3.05, 3.63) is 22.9 Å². The smallest absolute Gasteiger partial charge is 0.282 e. The largest absolute Gasteiger partial charge is 0.387 e. The van der Waals surface area contributed by atoms with Gasteiger partial charge in [-0.25, -0.2) is 4.98 Å². The van der Waals surface area contributed by atoms with E-state index >= 15 is 0 Å². The topological polar surface area (TPSA) is 92.8 Å². The Hall–Kier alpha value is -1.99. The van der Waals surface area contributed by atoms with Gasteiger partial charge in [0.15, 0.2) is 0 Å². The first kappa shape index (κ1) is 21.7. The number of ether oxygens (including phenoxy) is 1. The normalized spacial score (nSPS) is 24.0. The highest BCUT2D eigenvalue weighted by molar-refractivity contribution is 6.05. The molecular weight excluding hydrogens is 366 g/mol. The summed E-state index contributed by atoms with van der Waals surface area (Å²) >= 11 is 0.